The van der Waals surface area contributed by atoms with Gasteiger partial charge in [-0.2, -0.15) is 0 Å². The Morgan fingerprint density at radius 2 is 2.00 bits per heavy atom. The number of carbonyl (C=O) groups excluding carboxylic acids is 1. The van der Waals surface area contributed by atoms with Gasteiger partial charge in [0.1, 0.15) is 5.52 Å². The lowest BCUT2D eigenvalue weighted by atomic mass is 10.2. The van der Waals surface area contributed by atoms with Gasteiger partial charge in [-0.25, -0.2) is 4.98 Å². The summed E-state index contributed by atoms with van der Waals surface area (Å²) in [6.45, 7) is 0. The molecule has 0 spiro atoms. The lowest BCUT2D eigenvalue weighted by Crippen LogP contribution is -2.14. The van der Waals surface area contributed by atoms with Crippen LogP contribution in [0.15, 0.2) is 52.1 Å². The largest absolute Gasteiger partial charge is 0.431 e. The first kappa shape index (κ1) is 16.7. The quantitative estimate of drug-likeness (QED) is 0.687. The Labute approximate surface area is 149 Å². The molecule has 0 bridgehead atoms. The van der Waals surface area contributed by atoms with Crippen LogP contribution in [0.2, 0.25) is 5.02 Å². The summed E-state index contributed by atoms with van der Waals surface area (Å²) in [5, 5.41) is 3.89. The summed E-state index contributed by atoms with van der Waals surface area (Å²) < 4.78 is 5.57. The van der Waals surface area contributed by atoms with Crippen molar-refractivity contribution in [3.8, 4) is 0 Å². The average Bonchev–Trinajstić information content (AvgIpc) is 2.95. The number of nitrogens with zero attached hydrogens (tertiary/aromatic N) is 2. The van der Waals surface area contributed by atoms with Crippen molar-refractivity contribution in [1.82, 2.24) is 4.98 Å². The lowest BCUT2D eigenvalue weighted by Gasteiger charge is -2.12. The summed E-state index contributed by atoms with van der Waals surface area (Å²) in [4.78, 5) is 18.4. The third-order valence-corrected chi connectivity index (χ3v) is 4.39. The number of carbonyl (C=O) groups is 1. The Morgan fingerprint density at radius 3 is 2.71 bits per heavy atom. The van der Waals surface area contributed by atoms with E-state index in [1.165, 1.54) is 11.8 Å². The fourth-order valence-corrected chi connectivity index (χ4v) is 2.91. The van der Waals surface area contributed by atoms with Gasteiger partial charge in [0.15, 0.2) is 5.58 Å². The molecule has 1 amide bonds. The summed E-state index contributed by atoms with van der Waals surface area (Å²) in [6.07, 6.45) is 0. The number of hydrogen-bond donors (Lipinski definition) is 1. The zero-order valence-corrected chi connectivity index (χ0v) is 14.8. The Bertz CT molecular complexity index is 862. The first-order chi connectivity index (χ1) is 11.5. The van der Waals surface area contributed by atoms with Gasteiger partial charge in [0.2, 0.25) is 5.91 Å². The summed E-state index contributed by atoms with van der Waals surface area (Å²) in [5.74, 6) is 0.105. The Kier molecular flexibility index (Phi) is 4.97. The highest BCUT2D eigenvalue weighted by molar-refractivity contribution is 7.99. The van der Waals surface area contributed by atoms with Crippen molar-refractivity contribution in [2.75, 3.05) is 30.1 Å². The molecule has 1 aromatic heterocycles. The molecule has 7 heteroatoms. The van der Waals surface area contributed by atoms with E-state index in [4.69, 9.17) is 16.0 Å². The standard InChI is InChI=1S/C17H16ClN3O2S/c1-21(2)13-6-4-12(5-7-13)19-16(22)10-24-17-20-14-8-3-11(18)9-15(14)23-17/h3-9H,10H2,1-2H3,(H,19,22). The maximum atomic E-state index is 12.0. The Balaban J connectivity index is 1.58. The number of fused-ring (bicyclic) bond motifs is 1. The van der Waals surface area contributed by atoms with E-state index in [1.54, 1.807) is 18.2 Å². The van der Waals surface area contributed by atoms with Gasteiger partial charge in [-0.15, -0.1) is 0 Å². The molecular weight excluding hydrogens is 346 g/mol. The molecule has 0 atom stereocenters. The van der Waals surface area contributed by atoms with Gasteiger partial charge in [0.05, 0.1) is 5.75 Å². The van der Waals surface area contributed by atoms with Gasteiger partial charge in [-0.3, -0.25) is 4.79 Å². The zero-order chi connectivity index (χ0) is 17.1. The highest BCUT2D eigenvalue weighted by atomic mass is 35.5. The van der Waals surface area contributed by atoms with Crippen LogP contribution in [0.3, 0.4) is 0 Å². The smallest absolute Gasteiger partial charge is 0.257 e. The lowest BCUT2D eigenvalue weighted by molar-refractivity contribution is -0.113. The number of oxazole rings is 1. The molecule has 1 heterocycles. The van der Waals surface area contributed by atoms with Crippen LogP contribution in [0.4, 0.5) is 11.4 Å². The summed E-state index contributed by atoms with van der Waals surface area (Å²) in [5.41, 5.74) is 3.18. The van der Waals surface area contributed by atoms with Crippen LogP contribution < -0.4 is 10.2 Å². The van der Waals surface area contributed by atoms with Crippen LogP contribution in [0.5, 0.6) is 0 Å². The van der Waals surface area contributed by atoms with Gasteiger partial charge in [0, 0.05) is 36.6 Å². The van der Waals surface area contributed by atoms with Gasteiger partial charge >= 0.3 is 0 Å². The highest BCUT2D eigenvalue weighted by Crippen LogP contribution is 2.25. The molecule has 0 aliphatic rings. The Morgan fingerprint density at radius 1 is 1.25 bits per heavy atom. The molecule has 124 valence electrons. The topological polar surface area (TPSA) is 58.4 Å². The minimum absolute atomic E-state index is 0.113. The Hall–Kier alpha value is -2.18. The van der Waals surface area contributed by atoms with Crippen molar-refractivity contribution >= 4 is 51.7 Å². The van der Waals surface area contributed by atoms with Gasteiger partial charge < -0.3 is 14.6 Å². The monoisotopic (exact) mass is 361 g/mol. The van der Waals surface area contributed by atoms with Crippen LogP contribution in [0.1, 0.15) is 0 Å². The second kappa shape index (κ2) is 7.15. The molecule has 24 heavy (non-hydrogen) atoms. The fourth-order valence-electron chi connectivity index (χ4n) is 2.11. The highest BCUT2D eigenvalue weighted by Gasteiger charge is 2.10. The van der Waals surface area contributed by atoms with E-state index in [9.17, 15) is 4.79 Å². The van der Waals surface area contributed by atoms with E-state index in [1.807, 2.05) is 43.3 Å². The zero-order valence-electron chi connectivity index (χ0n) is 13.2. The van der Waals surface area contributed by atoms with Crippen molar-refractivity contribution in [3.63, 3.8) is 0 Å². The predicted molar refractivity (Wildman–Crippen MR) is 99.1 cm³/mol. The molecule has 0 aliphatic carbocycles. The van der Waals surface area contributed by atoms with Crippen LogP contribution >= 0.6 is 23.4 Å². The molecule has 0 radical (unpaired) electrons. The number of nitrogens with one attached hydrogen (secondary N) is 1. The number of anilines is 2. The number of thioether (sulfide) groups is 1. The normalized spacial score (nSPS) is 10.8. The number of hydrogen-bond acceptors (Lipinski definition) is 5. The van der Waals surface area contributed by atoms with Gasteiger partial charge in [0.25, 0.3) is 5.22 Å². The number of rotatable bonds is 5. The van der Waals surface area contributed by atoms with Gasteiger partial charge in [-0.05, 0) is 36.4 Å². The molecule has 0 fully saturated rings. The summed E-state index contributed by atoms with van der Waals surface area (Å²) in [6, 6.07) is 12.9. The van der Waals surface area contributed by atoms with Crippen molar-refractivity contribution in [3.05, 3.63) is 47.5 Å². The maximum absolute atomic E-state index is 12.0. The fraction of sp³-hybridized carbons (Fsp3) is 0.176. The third kappa shape index (κ3) is 4.01. The number of halogens is 1. The minimum atomic E-state index is -0.113. The SMILES string of the molecule is CN(C)c1ccc(NC(=O)CSc2nc3ccc(Cl)cc3o2)cc1. The molecule has 1 N–H and O–H groups in total. The number of benzene rings is 2. The van der Waals surface area contributed by atoms with E-state index in [0.29, 0.717) is 15.8 Å². The van der Waals surface area contributed by atoms with Crippen molar-refractivity contribution < 1.29 is 9.21 Å². The first-order valence-electron chi connectivity index (χ1n) is 7.27. The van der Waals surface area contributed by atoms with Crippen LogP contribution in [-0.2, 0) is 4.79 Å². The van der Waals surface area contributed by atoms with Crippen molar-refractivity contribution in [2.24, 2.45) is 0 Å². The van der Waals surface area contributed by atoms with E-state index < -0.39 is 0 Å². The van der Waals surface area contributed by atoms with E-state index in [0.717, 1.165) is 16.9 Å². The molecule has 0 unspecified atom stereocenters. The van der Waals surface area contributed by atoms with Crippen LogP contribution in [0.25, 0.3) is 11.1 Å². The van der Waals surface area contributed by atoms with Crippen LogP contribution in [0, 0.1) is 0 Å². The minimum Gasteiger partial charge on any atom is -0.431 e. The van der Waals surface area contributed by atoms with Gasteiger partial charge in [-0.1, -0.05) is 23.4 Å². The van der Waals surface area contributed by atoms with Crippen molar-refractivity contribution in [2.45, 2.75) is 5.22 Å². The van der Waals surface area contributed by atoms with E-state index in [-0.39, 0.29) is 11.7 Å². The molecule has 0 saturated carbocycles. The third-order valence-electron chi connectivity index (χ3n) is 3.33. The van der Waals surface area contributed by atoms with E-state index in [2.05, 4.69) is 10.3 Å². The number of aromatic nitrogens is 1. The second-order valence-electron chi connectivity index (χ2n) is 5.37. The molecule has 2 aromatic carbocycles. The summed E-state index contributed by atoms with van der Waals surface area (Å²) in [7, 11) is 3.94. The van der Waals surface area contributed by atoms with Crippen molar-refractivity contribution in [1.29, 1.82) is 0 Å². The number of amides is 1. The maximum Gasteiger partial charge on any atom is 0.257 e. The average molecular weight is 362 g/mol. The predicted octanol–water partition coefficient (Wildman–Crippen LogP) is 4.28. The second-order valence-corrected chi connectivity index (χ2v) is 6.73. The molecular formula is C17H16ClN3O2S. The van der Waals surface area contributed by atoms with Crippen LogP contribution in [-0.4, -0.2) is 30.7 Å². The summed E-state index contributed by atoms with van der Waals surface area (Å²) >= 11 is 7.16. The molecule has 0 saturated heterocycles. The molecule has 0 aliphatic heterocycles. The molecule has 5 nitrogen and oxygen atoms in total. The molecule has 3 aromatic rings. The van der Waals surface area contributed by atoms with E-state index >= 15 is 0 Å². The first-order valence-corrected chi connectivity index (χ1v) is 8.64. The molecule has 3 rings (SSSR count).